The summed E-state index contributed by atoms with van der Waals surface area (Å²) in [5, 5.41) is 5.72. The van der Waals surface area contributed by atoms with E-state index in [1.54, 1.807) is 13.0 Å². The number of carbonyl (C=O) groups is 3. The van der Waals surface area contributed by atoms with E-state index in [2.05, 4.69) is 10.6 Å². The average Bonchev–Trinajstić information content (AvgIpc) is 2.72. The van der Waals surface area contributed by atoms with Crippen molar-refractivity contribution in [1.29, 1.82) is 0 Å². The predicted molar refractivity (Wildman–Crippen MR) is 113 cm³/mol. The van der Waals surface area contributed by atoms with Gasteiger partial charge in [0.15, 0.2) is 12.6 Å². The monoisotopic (exact) mass is 395 g/mol. The van der Waals surface area contributed by atoms with Crippen LogP contribution in [0.3, 0.4) is 0 Å². The van der Waals surface area contributed by atoms with Crippen LogP contribution < -0.4 is 20.4 Å². The van der Waals surface area contributed by atoms with Gasteiger partial charge in [0.05, 0.1) is 18.4 Å². The number of amides is 3. The van der Waals surface area contributed by atoms with Crippen molar-refractivity contribution in [1.82, 2.24) is 0 Å². The summed E-state index contributed by atoms with van der Waals surface area (Å²) in [4.78, 5) is 39.9. The molecule has 1 aliphatic rings. The van der Waals surface area contributed by atoms with Crippen LogP contribution in [0.1, 0.15) is 19.4 Å². The van der Waals surface area contributed by atoms with Crippen molar-refractivity contribution in [2.75, 3.05) is 35.7 Å². The van der Waals surface area contributed by atoms with E-state index < -0.39 is 6.04 Å². The molecular weight excluding hydrogens is 368 g/mol. The molecule has 3 N–H and O–H groups in total. The largest absolute Gasteiger partial charge is 0.323 e. The highest BCUT2D eigenvalue weighted by atomic mass is 16.2. The van der Waals surface area contributed by atoms with Crippen LogP contribution in [0.25, 0.3) is 0 Å². The average molecular weight is 395 g/mol. The Morgan fingerprint density at radius 1 is 1.17 bits per heavy atom. The Labute approximate surface area is 170 Å². The fourth-order valence-electron chi connectivity index (χ4n) is 3.43. The Morgan fingerprint density at radius 3 is 2.62 bits per heavy atom. The molecule has 7 heteroatoms. The molecule has 0 aromatic heterocycles. The number of aryl methyl sites for hydroxylation is 1. The fraction of sp³-hybridized carbons (Fsp3) is 0.318. The second kappa shape index (κ2) is 8.87. The smallest absolute Gasteiger partial charge is 0.285 e. The summed E-state index contributed by atoms with van der Waals surface area (Å²) in [6, 6.07) is 14.4. The maximum atomic E-state index is 13.1. The Bertz CT molecular complexity index is 928. The van der Waals surface area contributed by atoms with Crippen LogP contribution in [0.2, 0.25) is 0 Å². The summed E-state index contributed by atoms with van der Waals surface area (Å²) in [5.74, 6) is -0.567. The second-order valence-corrected chi connectivity index (χ2v) is 7.29. The van der Waals surface area contributed by atoms with Crippen LogP contribution in [0.15, 0.2) is 48.5 Å². The van der Waals surface area contributed by atoms with Crippen molar-refractivity contribution in [3.8, 4) is 0 Å². The quantitative estimate of drug-likeness (QED) is 0.684. The molecule has 1 heterocycles. The minimum Gasteiger partial charge on any atom is -0.323 e. The number of likely N-dealkylation sites (N-methyl/N-ethyl adjacent to an activating group) is 1. The van der Waals surface area contributed by atoms with Gasteiger partial charge in [0, 0.05) is 5.69 Å². The number of para-hydroxylation sites is 3. The molecule has 3 rings (SSSR count). The van der Waals surface area contributed by atoms with Gasteiger partial charge in [-0.05, 0) is 37.1 Å². The predicted octanol–water partition coefficient (Wildman–Crippen LogP) is 1.08. The van der Waals surface area contributed by atoms with Crippen molar-refractivity contribution >= 4 is 34.8 Å². The lowest BCUT2D eigenvalue weighted by Crippen LogP contribution is -3.15. The van der Waals surface area contributed by atoms with Gasteiger partial charge in [0.2, 0.25) is 5.91 Å². The lowest BCUT2D eigenvalue weighted by molar-refractivity contribution is -0.885. The molecule has 2 atom stereocenters. The fourth-order valence-corrected chi connectivity index (χ4v) is 3.43. The zero-order chi connectivity index (χ0) is 21.0. The summed E-state index contributed by atoms with van der Waals surface area (Å²) in [5.41, 5.74) is 3.17. The van der Waals surface area contributed by atoms with Crippen molar-refractivity contribution in [3.05, 3.63) is 54.1 Å². The third kappa shape index (κ3) is 4.63. The maximum absolute atomic E-state index is 13.1. The van der Waals surface area contributed by atoms with Crippen LogP contribution in [-0.4, -0.2) is 43.9 Å². The van der Waals surface area contributed by atoms with Crippen LogP contribution in [0.5, 0.6) is 0 Å². The lowest BCUT2D eigenvalue weighted by atomic mass is 10.1. The molecule has 2 aromatic carbocycles. The highest BCUT2D eigenvalue weighted by Crippen LogP contribution is 2.29. The first-order chi connectivity index (χ1) is 13.9. The molecule has 2 aromatic rings. The number of nitrogens with zero attached hydrogens (tertiary/aromatic N) is 1. The Hall–Kier alpha value is -3.19. The number of hydrogen-bond acceptors (Lipinski definition) is 3. The summed E-state index contributed by atoms with van der Waals surface area (Å²) in [7, 11) is 1.81. The molecule has 0 aliphatic carbocycles. The molecule has 7 nitrogen and oxygen atoms in total. The van der Waals surface area contributed by atoms with E-state index in [-0.39, 0.29) is 30.8 Å². The Balaban J connectivity index is 1.67. The molecule has 29 heavy (non-hydrogen) atoms. The van der Waals surface area contributed by atoms with Gasteiger partial charge in [0.25, 0.3) is 11.8 Å². The first kappa shape index (κ1) is 20.5. The summed E-state index contributed by atoms with van der Waals surface area (Å²) in [6.45, 7) is 3.94. The van der Waals surface area contributed by atoms with E-state index in [1.165, 1.54) is 4.90 Å². The number of carbonyl (C=O) groups excluding carboxylic acids is 3. The number of anilines is 3. The number of quaternary nitrogens is 1. The molecule has 3 amide bonds. The molecule has 0 saturated carbocycles. The van der Waals surface area contributed by atoms with Crippen LogP contribution in [-0.2, 0) is 20.8 Å². The van der Waals surface area contributed by atoms with Crippen LogP contribution in [0, 0.1) is 0 Å². The van der Waals surface area contributed by atoms with E-state index in [0.717, 1.165) is 22.6 Å². The highest BCUT2D eigenvalue weighted by Gasteiger charge is 2.33. The van der Waals surface area contributed by atoms with Gasteiger partial charge in [-0.15, -0.1) is 0 Å². The Morgan fingerprint density at radius 2 is 1.86 bits per heavy atom. The van der Waals surface area contributed by atoms with Crippen molar-refractivity contribution < 1.29 is 19.3 Å². The third-order valence-electron chi connectivity index (χ3n) is 5.26. The number of fused-ring (bicyclic) bond motifs is 1. The first-order valence-corrected chi connectivity index (χ1v) is 9.81. The third-order valence-corrected chi connectivity index (χ3v) is 5.26. The van der Waals surface area contributed by atoms with E-state index in [1.807, 2.05) is 56.4 Å². The van der Waals surface area contributed by atoms with Gasteiger partial charge in [-0.2, -0.15) is 0 Å². The van der Waals surface area contributed by atoms with Crippen molar-refractivity contribution in [3.63, 3.8) is 0 Å². The summed E-state index contributed by atoms with van der Waals surface area (Å²) >= 11 is 0. The van der Waals surface area contributed by atoms with Crippen LogP contribution >= 0.6 is 0 Å². The van der Waals surface area contributed by atoms with Gasteiger partial charge in [0.1, 0.15) is 6.54 Å². The minimum atomic E-state index is -0.485. The molecule has 0 bridgehead atoms. The summed E-state index contributed by atoms with van der Waals surface area (Å²) < 4.78 is 0. The van der Waals surface area contributed by atoms with Gasteiger partial charge >= 0.3 is 0 Å². The van der Waals surface area contributed by atoms with Gasteiger partial charge < -0.3 is 15.5 Å². The molecule has 1 aliphatic heterocycles. The van der Waals surface area contributed by atoms with Crippen molar-refractivity contribution in [2.45, 2.75) is 26.3 Å². The molecule has 0 fully saturated rings. The molecule has 1 unspecified atom stereocenters. The molecule has 0 saturated heterocycles. The number of rotatable bonds is 6. The number of nitrogens with one attached hydrogen (secondary N) is 3. The Kier molecular flexibility index (Phi) is 6.29. The number of benzene rings is 2. The lowest BCUT2D eigenvalue weighted by Gasteiger charge is -2.32. The standard InChI is InChI=1S/C22H26N4O3/c1-4-16-9-5-6-10-17(16)23-20(27)13-25(3)15(2)22(29)26-14-21(28)24-18-11-7-8-12-19(18)26/h5-12,15H,4,13-14H2,1-3H3,(H,23,27)(H,24,28)/p+1/t15-/m0/s1. The summed E-state index contributed by atoms with van der Waals surface area (Å²) in [6.07, 6.45) is 0.824. The normalized spacial score (nSPS) is 15.1. The zero-order valence-corrected chi connectivity index (χ0v) is 17.0. The topological polar surface area (TPSA) is 83.0 Å². The maximum Gasteiger partial charge on any atom is 0.285 e. The van der Waals surface area contributed by atoms with Crippen molar-refractivity contribution in [2.24, 2.45) is 0 Å². The van der Waals surface area contributed by atoms with Gasteiger partial charge in [-0.3, -0.25) is 19.3 Å². The number of hydrogen-bond donors (Lipinski definition) is 3. The van der Waals surface area contributed by atoms with E-state index in [9.17, 15) is 14.4 Å². The van der Waals surface area contributed by atoms with Gasteiger partial charge in [-0.1, -0.05) is 37.3 Å². The van der Waals surface area contributed by atoms with E-state index >= 15 is 0 Å². The molecule has 152 valence electrons. The zero-order valence-electron chi connectivity index (χ0n) is 17.0. The van der Waals surface area contributed by atoms with E-state index in [0.29, 0.717) is 11.4 Å². The molecule has 0 radical (unpaired) electrons. The minimum absolute atomic E-state index is 0.0243. The first-order valence-electron chi connectivity index (χ1n) is 9.81. The molecule has 0 spiro atoms. The molecular formula is C22H27N4O3+. The van der Waals surface area contributed by atoms with Crippen LogP contribution in [0.4, 0.5) is 17.1 Å². The van der Waals surface area contributed by atoms with Gasteiger partial charge in [-0.25, -0.2) is 0 Å². The highest BCUT2D eigenvalue weighted by molar-refractivity contribution is 6.10. The second-order valence-electron chi connectivity index (χ2n) is 7.29. The SMILES string of the molecule is CCc1ccccc1NC(=O)C[NH+](C)[C@@H](C)C(=O)N1CC(=O)Nc2ccccc21. The van der Waals surface area contributed by atoms with E-state index in [4.69, 9.17) is 0 Å².